The molecule has 3 heterocycles. The first-order valence-corrected chi connectivity index (χ1v) is 9.21. The number of halogens is 3. The minimum absolute atomic E-state index is 0.0631. The van der Waals surface area contributed by atoms with Crippen LogP contribution in [0.25, 0.3) is 16.7 Å². The SMILES string of the molecule is Cc1nc2nc(C(F)(F)F)nn2c(C)c1CC(=O)NC(C)c1cc2ccccc2o1. The van der Waals surface area contributed by atoms with Crippen molar-refractivity contribution in [3.63, 3.8) is 0 Å². The molecule has 156 valence electrons. The fourth-order valence-electron chi connectivity index (χ4n) is 3.32. The van der Waals surface area contributed by atoms with E-state index in [4.69, 9.17) is 4.42 Å². The van der Waals surface area contributed by atoms with Gasteiger partial charge >= 0.3 is 6.18 Å². The first-order valence-electron chi connectivity index (χ1n) is 9.21. The van der Waals surface area contributed by atoms with E-state index in [2.05, 4.69) is 20.4 Å². The quantitative estimate of drug-likeness (QED) is 0.544. The number of alkyl halides is 3. The van der Waals surface area contributed by atoms with Crippen LogP contribution in [0.15, 0.2) is 34.7 Å². The molecule has 1 amide bonds. The summed E-state index contributed by atoms with van der Waals surface area (Å²) in [6, 6.07) is 8.99. The maximum absolute atomic E-state index is 12.9. The molecule has 30 heavy (non-hydrogen) atoms. The van der Waals surface area contributed by atoms with Crippen LogP contribution >= 0.6 is 0 Å². The highest BCUT2D eigenvalue weighted by atomic mass is 19.4. The predicted molar refractivity (Wildman–Crippen MR) is 102 cm³/mol. The molecule has 1 atom stereocenters. The third-order valence-corrected chi connectivity index (χ3v) is 4.89. The smallest absolute Gasteiger partial charge is 0.453 e. The van der Waals surface area contributed by atoms with Crippen molar-refractivity contribution in [2.24, 2.45) is 0 Å². The molecule has 0 saturated carbocycles. The molecule has 10 heteroatoms. The molecule has 0 aliphatic carbocycles. The highest BCUT2D eigenvalue weighted by molar-refractivity contribution is 5.80. The van der Waals surface area contributed by atoms with Crippen LogP contribution in [0.2, 0.25) is 0 Å². The van der Waals surface area contributed by atoms with E-state index in [0.717, 1.165) is 15.5 Å². The molecule has 0 radical (unpaired) electrons. The Bertz CT molecular complexity index is 1230. The number of para-hydroxylation sites is 1. The van der Waals surface area contributed by atoms with Gasteiger partial charge in [-0.15, -0.1) is 5.10 Å². The van der Waals surface area contributed by atoms with Gasteiger partial charge in [0, 0.05) is 22.3 Å². The third kappa shape index (κ3) is 3.60. The van der Waals surface area contributed by atoms with Gasteiger partial charge < -0.3 is 9.73 Å². The second-order valence-corrected chi connectivity index (χ2v) is 7.06. The molecule has 0 aliphatic rings. The van der Waals surface area contributed by atoms with Crippen molar-refractivity contribution in [2.45, 2.75) is 39.4 Å². The molecule has 0 fully saturated rings. The molecule has 3 aromatic heterocycles. The Kier molecular flexibility index (Phi) is 4.71. The van der Waals surface area contributed by atoms with Gasteiger partial charge in [0.05, 0.1) is 12.5 Å². The number of nitrogens with one attached hydrogen (secondary N) is 1. The molecule has 0 saturated heterocycles. The lowest BCUT2D eigenvalue weighted by Crippen LogP contribution is -2.28. The van der Waals surface area contributed by atoms with E-state index in [0.29, 0.717) is 22.7 Å². The van der Waals surface area contributed by atoms with Gasteiger partial charge in [0.25, 0.3) is 11.6 Å². The Morgan fingerprint density at radius 3 is 2.67 bits per heavy atom. The molecular formula is C20H18F3N5O2. The number of hydrogen-bond acceptors (Lipinski definition) is 5. The van der Waals surface area contributed by atoms with Gasteiger partial charge in [-0.25, -0.2) is 9.50 Å². The lowest BCUT2D eigenvalue weighted by atomic mass is 10.1. The molecule has 4 rings (SSSR count). The number of amides is 1. The number of carbonyl (C=O) groups is 1. The molecule has 1 N–H and O–H groups in total. The predicted octanol–water partition coefficient (Wildman–Crippen LogP) is 3.93. The van der Waals surface area contributed by atoms with E-state index in [1.54, 1.807) is 20.8 Å². The number of benzene rings is 1. The van der Waals surface area contributed by atoms with Gasteiger partial charge in [-0.05, 0) is 32.9 Å². The number of aryl methyl sites for hydroxylation is 2. The summed E-state index contributed by atoms with van der Waals surface area (Å²) in [5.41, 5.74) is 2.02. The van der Waals surface area contributed by atoms with E-state index in [1.807, 2.05) is 30.3 Å². The van der Waals surface area contributed by atoms with Crippen LogP contribution in [0.5, 0.6) is 0 Å². The zero-order valence-corrected chi connectivity index (χ0v) is 16.4. The standard InChI is InChI=1S/C20H18F3N5O2/c1-10-14(12(3)28-19(25-10)26-18(27-28)20(21,22)23)9-17(29)24-11(2)16-8-13-6-4-5-7-15(13)30-16/h4-8,11H,9H2,1-3H3,(H,24,29). The summed E-state index contributed by atoms with van der Waals surface area (Å²) in [7, 11) is 0. The van der Waals surface area contributed by atoms with Crippen molar-refractivity contribution >= 4 is 22.7 Å². The van der Waals surface area contributed by atoms with E-state index >= 15 is 0 Å². The zero-order valence-electron chi connectivity index (χ0n) is 16.4. The topological polar surface area (TPSA) is 85.3 Å². The first kappa shape index (κ1) is 19.9. The summed E-state index contributed by atoms with van der Waals surface area (Å²) in [4.78, 5) is 20.1. The Balaban J connectivity index is 1.56. The van der Waals surface area contributed by atoms with Crippen molar-refractivity contribution in [3.8, 4) is 0 Å². The van der Waals surface area contributed by atoms with Gasteiger partial charge in [0.15, 0.2) is 0 Å². The Morgan fingerprint density at radius 1 is 1.23 bits per heavy atom. The molecule has 1 unspecified atom stereocenters. The number of hydrogen-bond donors (Lipinski definition) is 1. The van der Waals surface area contributed by atoms with Crippen LogP contribution in [-0.4, -0.2) is 25.5 Å². The van der Waals surface area contributed by atoms with Crippen molar-refractivity contribution in [3.05, 3.63) is 58.9 Å². The van der Waals surface area contributed by atoms with Crippen LogP contribution in [0.4, 0.5) is 13.2 Å². The molecule has 0 aliphatic heterocycles. The minimum Gasteiger partial charge on any atom is -0.459 e. The third-order valence-electron chi connectivity index (χ3n) is 4.89. The fourth-order valence-corrected chi connectivity index (χ4v) is 3.32. The highest BCUT2D eigenvalue weighted by Crippen LogP contribution is 2.27. The molecule has 1 aromatic carbocycles. The van der Waals surface area contributed by atoms with Crippen molar-refractivity contribution in [1.82, 2.24) is 24.9 Å². The van der Waals surface area contributed by atoms with Crippen molar-refractivity contribution in [2.75, 3.05) is 0 Å². The van der Waals surface area contributed by atoms with Crippen molar-refractivity contribution < 1.29 is 22.4 Å². The van der Waals surface area contributed by atoms with Gasteiger partial charge in [-0.1, -0.05) is 18.2 Å². The number of nitrogens with zero attached hydrogens (tertiary/aromatic N) is 4. The monoisotopic (exact) mass is 417 g/mol. The zero-order chi connectivity index (χ0) is 21.6. The summed E-state index contributed by atoms with van der Waals surface area (Å²) < 4.78 is 45.5. The average Bonchev–Trinajstić information content (AvgIpc) is 3.29. The first-order chi connectivity index (χ1) is 14.1. The summed E-state index contributed by atoms with van der Waals surface area (Å²) >= 11 is 0. The second-order valence-electron chi connectivity index (χ2n) is 7.06. The molecule has 0 bridgehead atoms. The van der Waals surface area contributed by atoms with Crippen LogP contribution in [-0.2, 0) is 17.4 Å². The van der Waals surface area contributed by atoms with Gasteiger partial charge in [0.1, 0.15) is 11.3 Å². The normalized spacial score (nSPS) is 13.1. The minimum atomic E-state index is -4.67. The number of rotatable bonds is 4. The van der Waals surface area contributed by atoms with E-state index < -0.39 is 12.0 Å². The lowest BCUT2D eigenvalue weighted by molar-refractivity contribution is -0.144. The van der Waals surface area contributed by atoms with E-state index in [9.17, 15) is 18.0 Å². The number of furan rings is 1. The number of fused-ring (bicyclic) bond motifs is 2. The van der Waals surface area contributed by atoms with Gasteiger partial charge in [-0.2, -0.15) is 18.2 Å². The maximum atomic E-state index is 12.9. The summed E-state index contributed by atoms with van der Waals surface area (Å²) in [6.45, 7) is 5.01. The van der Waals surface area contributed by atoms with Crippen LogP contribution in [0, 0.1) is 13.8 Å². The molecule has 4 aromatic rings. The lowest BCUT2D eigenvalue weighted by Gasteiger charge is -2.14. The second kappa shape index (κ2) is 7.12. The molecule has 7 nitrogen and oxygen atoms in total. The van der Waals surface area contributed by atoms with Gasteiger partial charge in [-0.3, -0.25) is 4.79 Å². The summed E-state index contributed by atoms with van der Waals surface area (Å²) in [5, 5.41) is 7.28. The fraction of sp³-hybridized carbons (Fsp3) is 0.300. The molecule has 0 spiro atoms. The van der Waals surface area contributed by atoms with Crippen LogP contribution in [0.1, 0.15) is 41.5 Å². The van der Waals surface area contributed by atoms with Crippen LogP contribution in [0.3, 0.4) is 0 Å². The summed E-state index contributed by atoms with van der Waals surface area (Å²) in [6.07, 6.45) is -4.74. The highest BCUT2D eigenvalue weighted by Gasteiger charge is 2.37. The Morgan fingerprint density at radius 2 is 1.97 bits per heavy atom. The Hall–Kier alpha value is -3.43. The van der Waals surface area contributed by atoms with Gasteiger partial charge in [0.2, 0.25) is 5.91 Å². The Labute approximate surface area is 168 Å². The maximum Gasteiger partial charge on any atom is 0.453 e. The number of aromatic nitrogens is 4. The van der Waals surface area contributed by atoms with Crippen LogP contribution < -0.4 is 5.32 Å². The average molecular weight is 417 g/mol. The van der Waals surface area contributed by atoms with E-state index in [-0.39, 0.29) is 24.1 Å². The van der Waals surface area contributed by atoms with E-state index in [1.165, 1.54) is 0 Å². The van der Waals surface area contributed by atoms with Crippen molar-refractivity contribution in [1.29, 1.82) is 0 Å². The molecular weight excluding hydrogens is 399 g/mol. The summed E-state index contributed by atoms with van der Waals surface area (Å²) in [5.74, 6) is -1.13. The number of carbonyl (C=O) groups excluding carboxylic acids is 1. The largest absolute Gasteiger partial charge is 0.459 e.